The Morgan fingerprint density at radius 1 is 1.53 bits per heavy atom. The van der Waals surface area contributed by atoms with Gasteiger partial charge in [-0.1, -0.05) is 25.1 Å². The van der Waals surface area contributed by atoms with Crippen molar-refractivity contribution in [3.05, 3.63) is 29.8 Å². The van der Waals surface area contributed by atoms with Crippen molar-refractivity contribution in [2.45, 2.75) is 36.6 Å². The number of thioether (sulfide) groups is 1. The van der Waals surface area contributed by atoms with Crippen LogP contribution in [0.5, 0.6) is 0 Å². The number of hydrogen-bond donors (Lipinski definition) is 1. The zero-order valence-electron chi connectivity index (χ0n) is 10.3. The monoisotopic (exact) mass is 245 g/mol. The van der Waals surface area contributed by atoms with Gasteiger partial charge in [-0.3, -0.25) is 0 Å². The van der Waals surface area contributed by atoms with Crippen LogP contribution in [0.3, 0.4) is 0 Å². The molecule has 0 saturated heterocycles. The van der Waals surface area contributed by atoms with Crippen LogP contribution in [0.25, 0.3) is 0 Å². The summed E-state index contributed by atoms with van der Waals surface area (Å²) in [4.78, 5) is 1.45. The van der Waals surface area contributed by atoms with Crippen molar-refractivity contribution in [2.75, 3.05) is 12.3 Å². The largest absolute Gasteiger partial charge is 0.314 e. The van der Waals surface area contributed by atoms with Crippen molar-refractivity contribution in [1.29, 1.82) is 0 Å². The average molecular weight is 245 g/mol. The minimum atomic E-state index is 0.521. The molecule has 0 bridgehead atoms. The van der Waals surface area contributed by atoms with Gasteiger partial charge in [0.2, 0.25) is 0 Å². The zero-order chi connectivity index (χ0) is 12.1. The second-order valence-corrected chi connectivity index (χ2v) is 5.42. The topological polar surface area (TPSA) is 12.0 Å². The van der Waals surface area contributed by atoms with Crippen LogP contribution in [0.2, 0.25) is 0 Å². The number of hydrogen-bond acceptors (Lipinski definition) is 2. The van der Waals surface area contributed by atoms with E-state index >= 15 is 0 Å². The first-order valence-corrected chi connectivity index (χ1v) is 7.24. The molecule has 1 aromatic carbocycles. The van der Waals surface area contributed by atoms with Gasteiger partial charge in [-0.05, 0) is 24.6 Å². The highest BCUT2D eigenvalue weighted by molar-refractivity contribution is 7.99. The molecule has 2 atom stereocenters. The fourth-order valence-corrected chi connectivity index (χ4v) is 3.80. The van der Waals surface area contributed by atoms with Gasteiger partial charge in [0.15, 0.2) is 0 Å². The molecule has 1 nitrogen and oxygen atoms in total. The van der Waals surface area contributed by atoms with Crippen LogP contribution >= 0.6 is 11.8 Å². The van der Waals surface area contributed by atoms with Crippen LogP contribution in [0.4, 0.5) is 0 Å². The molecule has 0 aliphatic carbocycles. The highest BCUT2D eigenvalue weighted by atomic mass is 32.2. The molecule has 0 radical (unpaired) electrons. The molecular formula is C15H19NS. The lowest BCUT2D eigenvalue weighted by molar-refractivity contribution is 0.443. The molecule has 2 heteroatoms. The van der Waals surface area contributed by atoms with Crippen LogP contribution < -0.4 is 5.32 Å². The molecule has 1 aliphatic heterocycles. The second kappa shape index (κ2) is 6.14. The highest BCUT2D eigenvalue weighted by Gasteiger charge is 2.29. The summed E-state index contributed by atoms with van der Waals surface area (Å²) in [5.74, 6) is 4.55. The molecule has 0 amide bonds. The highest BCUT2D eigenvalue weighted by Crippen LogP contribution is 2.41. The summed E-state index contributed by atoms with van der Waals surface area (Å²) in [6.07, 6.45) is 7.32. The second-order valence-electron chi connectivity index (χ2n) is 4.36. The van der Waals surface area contributed by atoms with Crippen LogP contribution in [0, 0.1) is 12.3 Å². The molecule has 1 N–H and O–H groups in total. The number of nitrogens with one attached hydrogen (secondary N) is 1. The maximum Gasteiger partial charge on any atom is 0.0153 e. The summed E-state index contributed by atoms with van der Waals surface area (Å²) in [7, 11) is 0. The average Bonchev–Trinajstić information content (AvgIpc) is 2.78. The summed E-state index contributed by atoms with van der Waals surface area (Å²) in [5.41, 5.74) is 1.50. The van der Waals surface area contributed by atoms with Crippen molar-refractivity contribution in [1.82, 2.24) is 5.32 Å². The van der Waals surface area contributed by atoms with Crippen molar-refractivity contribution in [3.8, 4) is 12.3 Å². The Bertz CT molecular complexity index is 408. The van der Waals surface area contributed by atoms with Gasteiger partial charge < -0.3 is 5.32 Å². The Morgan fingerprint density at radius 2 is 2.35 bits per heavy atom. The van der Waals surface area contributed by atoms with Crippen molar-refractivity contribution < 1.29 is 0 Å². The lowest BCUT2D eigenvalue weighted by Crippen LogP contribution is -2.35. The number of terminal acetylenes is 1. The zero-order valence-corrected chi connectivity index (χ0v) is 11.1. The molecule has 1 aromatic rings. The Hall–Kier alpha value is -0.910. The van der Waals surface area contributed by atoms with Crippen LogP contribution in [-0.4, -0.2) is 18.3 Å². The van der Waals surface area contributed by atoms with E-state index in [0.717, 1.165) is 19.4 Å². The lowest BCUT2D eigenvalue weighted by Gasteiger charge is -2.24. The Kier molecular flexibility index (Phi) is 4.53. The molecule has 1 aliphatic rings. The minimum Gasteiger partial charge on any atom is -0.314 e. The molecule has 2 rings (SSSR count). The summed E-state index contributed by atoms with van der Waals surface area (Å²) in [6.45, 7) is 3.18. The fraction of sp³-hybridized carbons (Fsp3) is 0.467. The third kappa shape index (κ3) is 2.86. The van der Waals surface area contributed by atoms with Crippen molar-refractivity contribution >= 4 is 11.8 Å². The normalized spacial score (nSPS) is 19.6. The number of likely N-dealkylation sites (N-methyl/N-ethyl adjacent to an activating group) is 1. The van der Waals surface area contributed by atoms with E-state index in [-0.39, 0.29) is 0 Å². The van der Waals surface area contributed by atoms with Gasteiger partial charge in [0, 0.05) is 29.0 Å². The Morgan fingerprint density at radius 3 is 3.12 bits per heavy atom. The quantitative estimate of drug-likeness (QED) is 0.799. The van der Waals surface area contributed by atoms with Gasteiger partial charge in [-0.25, -0.2) is 0 Å². The van der Waals surface area contributed by atoms with E-state index in [0.29, 0.717) is 12.0 Å². The molecule has 90 valence electrons. The first kappa shape index (κ1) is 12.5. The summed E-state index contributed by atoms with van der Waals surface area (Å²) >= 11 is 1.97. The molecule has 0 saturated carbocycles. The number of rotatable bonds is 5. The smallest absolute Gasteiger partial charge is 0.0153 e. The third-order valence-corrected chi connectivity index (χ3v) is 4.50. The van der Waals surface area contributed by atoms with Crippen molar-refractivity contribution in [2.24, 2.45) is 0 Å². The van der Waals surface area contributed by atoms with Gasteiger partial charge in [0.05, 0.1) is 0 Å². The standard InChI is InChI=1S/C15H19NS/c1-3-5-9-14(16-4-2)13-11-17-15-10-7-6-8-12(13)15/h1,6-8,10,13-14,16H,4-5,9,11H2,2H3. The summed E-state index contributed by atoms with van der Waals surface area (Å²) in [5, 5.41) is 3.59. The Balaban J connectivity index is 2.13. The van der Waals surface area contributed by atoms with E-state index in [1.807, 2.05) is 11.8 Å². The van der Waals surface area contributed by atoms with E-state index < -0.39 is 0 Å². The SMILES string of the molecule is C#CCCC(NCC)C1CSc2ccccc21. The van der Waals surface area contributed by atoms with Crippen LogP contribution in [0.15, 0.2) is 29.2 Å². The van der Waals surface area contributed by atoms with E-state index in [1.54, 1.807) is 0 Å². The predicted molar refractivity (Wildman–Crippen MR) is 75.4 cm³/mol. The first-order valence-electron chi connectivity index (χ1n) is 6.25. The lowest BCUT2D eigenvalue weighted by atomic mass is 9.90. The maximum atomic E-state index is 5.38. The van der Waals surface area contributed by atoms with Crippen molar-refractivity contribution in [3.63, 3.8) is 0 Å². The summed E-state index contributed by atoms with van der Waals surface area (Å²) in [6, 6.07) is 9.27. The Labute approximate surface area is 108 Å². The first-order chi connectivity index (χ1) is 8.36. The number of fused-ring (bicyclic) bond motifs is 1. The van der Waals surface area contributed by atoms with E-state index in [4.69, 9.17) is 6.42 Å². The van der Waals surface area contributed by atoms with Gasteiger partial charge >= 0.3 is 0 Å². The van der Waals surface area contributed by atoms with E-state index in [1.165, 1.54) is 16.2 Å². The third-order valence-electron chi connectivity index (χ3n) is 3.29. The van der Waals surface area contributed by atoms with E-state index in [9.17, 15) is 0 Å². The molecule has 0 spiro atoms. The predicted octanol–water partition coefficient (Wildman–Crippen LogP) is 3.27. The fourth-order valence-electron chi connectivity index (χ4n) is 2.47. The van der Waals surface area contributed by atoms with Gasteiger partial charge in [-0.2, -0.15) is 0 Å². The molecular weight excluding hydrogens is 226 g/mol. The molecule has 2 unspecified atom stereocenters. The molecule has 1 heterocycles. The number of benzene rings is 1. The van der Waals surface area contributed by atoms with E-state index in [2.05, 4.69) is 42.4 Å². The van der Waals surface area contributed by atoms with Gasteiger partial charge in [0.1, 0.15) is 0 Å². The molecule has 0 aromatic heterocycles. The minimum absolute atomic E-state index is 0.521. The van der Waals surface area contributed by atoms with Crippen LogP contribution in [0.1, 0.15) is 31.2 Å². The molecule has 17 heavy (non-hydrogen) atoms. The van der Waals surface area contributed by atoms with Crippen LogP contribution in [-0.2, 0) is 0 Å². The van der Waals surface area contributed by atoms with Gasteiger partial charge in [-0.15, -0.1) is 24.1 Å². The summed E-state index contributed by atoms with van der Waals surface area (Å²) < 4.78 is 0. The maximum absolute atomic E-state index is 5.38. The van der Waals surface area contributed by atoms with Gasteiger partial charge in [0.25, 0.3) is 0 Å². The molecule has 0 fully saturated rings.